The summed E-state index contributed by atoms with van der Waals surface area (Å²) >= 11 is 12.1. The Labute approximate surface area is 157 Å². The van der Waals surface area contributed by atoms with E-state index in [0.29, 0.717) is 21.9 Å². The molecule has 26 heavy (non-hydrogen) atoms. The average molecular weight is 388 g/mol. The summed E-state index contributed by atoms with van der Waals surface area (Å²) in [6, 6.07) is 12.1. The summed E-state index contributed by atoms with van der Waals surface area (Å²) in [5.41, 5.74) is 7.89. The van der Waals surface area contributed by atoms with Crippen molar-refractivity contribution in [3.63, 3.8) is 0 Å². The molecule has 0 aliphatic heterocycles. The Bertz CT molecular complexity index is 1140. The van der Waals surface area contributed by atoms with Crippen LogP contribution in [-0.4, -0.2) is 25.6 Å². The molecule has 0 amide bonds. The SMILES string of the molecule is Nc1nonc1-c1nc2ccccc2n1CC(=O)c1ccc(Cl)cc1Cl. The number of carbonyl (C=O) groups excluding carboxylic acids is 1. The first-order valence-corrected chi connectivity index (χ1v) is 8.32. The Morgan fingerprint density at radius 2 is 1.96 bits per heavy atom. The number of para-hydroxylation sites is 2. The molecule has 0 aliphatic rings. The number of benzene rings is 2. The third-order valence-electron chi connectivity index (χ3n) is 3.91. The van der Waals surface area contributed by atoms with E-state index in [2.05, 4.69) is 19.9 Å². The van der Waals surface area contributed by atoms with Crippen molar-refractivity contribution < 1.29 is 9.42 Å². The van der Waals surface area contributed by atoms with E-state index in [-0.39, 0.29) is 28.9 Å². The fraction of sp³-hybridized carbons (Fsp3) is 0.0588. The van der Waals surface area contributed by atoms with Crippen LogP contribution in [0.2, 0.25) is 10.0 Å². The van der Waals surface area contributed by atoms with E-state index in [1.54, 1.807) is 16.7 Å². The lowest BCUT2D eigenvalue weighted by molar-refractivity contribution is 0.0974. The minimum atomic E-state index is -0.203. The Hall–Kier alpha value is -2.90. The first-order valence-electron chi connectivity index (χ1n) is 7.56. The molecule has 7 nitrogen and oxygen atoms in total. The number of carbonyl (C=O) groups is 1. The molecule has 0 unspecified atom stereocenters. The van der Waals surface area contributed by atoms with Gasteiger partial charge in [0.05, 0.1) is 22.6 Å². The number of fused-ring (bicyclic) bond motifs is 1. The highest BCUT2D eigenvalue weighted by Crippen LogP contribution is 2.28. The lowest BCUT2D eigenvalue weighted by Gasteiger charge is -2.08. The molecule has 9 heteroatoms. The molecule has 4 rings (SSSR count). The molecule has 2 N–H and O–H groups in total. The monoisotopic (exact) mass is 387 g/mol. The van der Waals surface area contributed by atoms with E-state index in [1.165, 1.54) is 6.07 Å². The van der Waals surface area contributed by atoms with E-state index in [4.69, 9.17) is 28.9 Å². The molecular formula is C17H11Cl2N5O2. The maximum atomic E-state index is 12.8. The van der Waals surface area contributed by atoms with Gasteiger partial charge >= 0.3 is 0 Å². The van der Waals surface area contributed by atoms with Crippen LogP contribution in [0.3, 0.4) is 0 Å². The molecule has 130 valence electrons. The number of anilines is 1. The van der Waals surface area contributed by atoms with Gasteiger partial charge in [-0.1, -0.05) is 35.3 Å². The number of Topliss-reactive ketones (excluding diaryl/α,β-unsaturated/α-hetero) is 1. The second-order valence-corrected chi connectivity index (χ2v) is 6.40. The molecule has 2 aromatic heterocycles. The third kappa shape index (κ3) is 2.81. The minimum Gasteiger partial charge on any atom is -0.379 e. The number of imidazole rings is 1. The summed E-state index contributed by atoms with van der Waals surface area (Å²) in [5, 5.41) is 8.13. The van der Waals surface area contributed by atoms with Crippen molar-refractivity contribution in [3.8, 4) is 11.5 Å². The summed E-state index contributed by atoms with van der Waals surface area (Å²) in [5.74, 6) is 0.285. The number of ketones is 1. The van der Waals surface area contributed by atoms with Gasteiger partial charge in [0.15, 0.2) is 23.1 Å². The molecule has 2 heterocycles. The summed E-state index contributed by atoms with van der Waals surface area (Å²) in [6.45, 7) is -0.0104. The molecule has 4 aromatic rings. The largest absolute Gasteiger partial charge is 0.379 e. The van der Waals surface area contributed by atoms with Crippen LogP contribution in [0, 0.1) is 0 Å². The van der Waals surface area contributed by atoms with Crippen LogP contribution in [-0.2, 0) is 6.54 Å². The van der Waals surface area contributed by atoms with Gasteiger partial charge < -0.3 is 10.3 Å². The zero-order chi connectivity index (χ0) is 18.3. The molecule has 0 radical (unpaired) electrons. The highest BCUT2D eigenvalue weighted by Gasteiger charge is 2.21. The maximum absolute atomic E-state index is 12.8. The predicted octanol–water partition coefficient (Wildman–Crippen LogP) is 3.86. The van der Waals surface area contributed by atoms with Gasteiger partial charge in [0.2, 0.25) is 0 Å². The van der Waals surface area contributed by atoms with Crippen LogP contribution in [0.1, 0.15) is 10.4 Å². The molecule has 0 saturated heterocycles. The quantitative estimate of drug-likeness (QED) is 0.533. The zero-order valence-corrected chi connectivity index (χ0v) is 14.7. The van der Waals surface area contributed by atoms with Gasteiger partial charge in [0, 0.05) is 10.6 Å². The minimum absolute atomic E-state index is 0.0104. The third-order valence-corrected chi connectivity index (χ3v) is 4.46. The maximum Gasteiger partial charge on any atom is 0.199 e. The van der Waals surface area contributed by atoms with Gasteiger partial charge in [-0.25, -0.2) is 9.61 Å². The summed E-state index contributed by atoms with van der Waals surface area (Å²) in [6.07, 6.45) is 0. The second kappa shape index (κ2) is 6.44. The van der Waals surface area contributed by atoms with Crippen LogP contribution in [0.25, 0.3) is 22.6 Å². The fourth-order valence-corrected chi connectivity index (χ4v) is 3.23. The van der Waals surface area contributed by atoms with Crippen molar-refractivity contribution >= 4 is 45.8 Å². The van der Waals surface area contributed by atoms with Crippen molar-refractivity contribution in [2.45, 2.75) is 6.54 Å². The Balaban J connectivity index is 1.83. The standard InChI is InChI=1S/C17H11Cl2N5O2/c18-9-5-6-10(11(19)7-9)14(25)8-24-13-4-2-1-3-12(13)21-17(24)15-16(20)23-26-22-15/h1-7H,8H2,(H2,20,23). The number of hydrogen-bond acceptors (Lipinski definition) is 6. The molecule has 0 saturated carbocycles. The van der Waals surface area contributed by atoms with Gasteiger partial charge in [-0.2, -0.15) is 0 Å². The van der Waals surface area contributed by atoms with Gasteiger partial charge in [-0.15, -0.1) is 0 Å². The molecule has 0 fully saturated rings. The molecule has 2 aromatic carbocycles. The molecule has 0 atom stereocenters. The van der Waals surface area contributed by atoms with Gasteiger partial charge in [0.1, 0.15) is 0 Å². The number of nitrogen functional groups attached to an aromatic ring is 1. The number of nitrogens with two attached hydrogens (primary N) is 1. The van der Waals surface area contributed by atoms with E-state index in [1.807, 2.05) is 24.3 Å². The topological polar surface area (TPSA) is 99.8 Å². The van der Waals surface area contributed by atoms with Crippen LogP contribution in [0.4, 0.5) is 5.82 Å². The average Bonchev–Trinajstić information content (AvgIpc) is 3.18. The summed E-state index contributed by atoms with van der Waals surface area (Å²) < 4.78 is 6.38. The smallest absolute Gasteiger partial charge is 0.199 e. The van der Waals surface area contributed by atoms with E-state index >= 15 is 0 Å². The highest BCUT2D eigenvalue weighted by molar-refractivity contribution is 6.36. The summed E-state index contributed by atoms with van der Waals surface area (Å²) in [4.78, 5) is 17.3. The van der Waals surface area contributed by atoms with Crippen molar-refractivity contribution in [3.05, 3.63) is 58.1 Å². The lowest BCUT2D eigenvalue weighted by atomic mass is 10.1. The predicted molar refractivity (Wildman–Crippen MR) is 98.2 cm³/mol. The number of halogens is 2. The van der Waals surface area contributed by atoms with E-state index in [9.17, 15) is 4.79 Å². The highest BCUT2D eigenvalue weighted by atomic mass is 35.5. The van der Waals surface area contributed by atoms with E-state index in [0.717, 1.165) is 5.52 Å². The van der Waals surface area contributed by atoms with Crippen molar-refractivity contribution in [2.75, 3.05) is 5.73 Å². The molecule has 0 bridgehead atoms. The molecule has 0 aliphatic carbocycles. The fourth-order valence-electron chi connectivity index (χ4n) is 2.71. The number of nitrogens with zero attached hydrogens (tertiary/aromatic N) is 4. The van der Waals surface area contributed by atoms with Gasteiger partial charge in [-0.3, -0.25) is 4.79 Å². The lowest BCUT2D eigenvalue weighted by Crippen LogP contribution is -2.12. The van der Waals surface area contributed by atoms with Gasteiger partial charge in [0.25, 0.3) is 0 Å². The van der Waals surface area contributed by atoms with Crippen molar-refractivity contribution in [1.29, 1.82) is 0 Å². The molecular weight excluding hydrogens is 377 g/mol. The normalized spacial score (nSPS) is 11.2. The zero-order valence-electron chi connectivity index (χ0n) is 13.2. The van der Waals surface area contributed by atoms with Crippen LogP contribution in [0.5, 0.6) is 0 Å². The van der Waals surface area contributed by atoms with Crippen LogP contribution < -0.4 is 5.73 Å². The molecule has 0 spiro atoms. The summed E-state index contributed by atoms with van der Waals surface area (Å²) in [7, 11) is 0. The Kier molecular flexibility index (Phi) is 4.10. The number of rotatable bonds is 4. The van der Waals surface area contributed by atoms with Gasteiger partial charge in [-0.05, 0) is 40.6 Å². The number of aromatic nitrogens is 4. The van der Waals surface area contributed by atoms with Crippen molar-refractivity contribution in [2.24, 2.45) is 0 Å². The second-order valence-electron chi connectivity index (χ2n) is 5.56. The first kappa shape index (κ1) is 16.6. The van der Waals surface area contributed by atoms with E-state index < -0.39 is 0 Å². The van der Waals surface area contributed by atoms with Crippen molar-refractivity contribution in [1.82, 2.24) is 19.9 Å². The Morgan fingerprint density at radius 3 is 2.69 bits per heavy atom. The van der Waals surface area contributed by atoms with Crippen LogP contribution >= 0.6 is 23.2 Å². The number of hydrogen-bond donors (Lipinski definition) is 1. The Morgan fingerprint density at radius 1 is 1.15 bits per heavy atom. The van der Waals surface area contributed by atoms with Crippen LogP contribution in [0.15, 0.2) is 47.1 Å². The first-order chi connectivity index (χ1) is 12.5.